The van der Waals surface area contributed by atoms with Crippen LogP contribution in [0.3, 0.4) is 0 Å². The third kappa shape index (κ3) is 4.45. The van der Waals surface area contributed by atoms with Gasteiger partial charge in [0.25, 0.3) is 0 Å². The number of para-hydroxylation sites is 1. The van der Waals surface area contributed by atoms with Gasteiger partial charge in [0.05, 0.1) is 12.7 Å². The Morgan fingerprint density at radius 2 is 2.05 bits per heavy atom. The maximum Gasteiger partial charge on any atom is 0.0645 e. The quantitative estimate of drug-likeness (QED) is 0.868. The van der Waals surface area contributed by atoms with Gasteiger partial charge in [0.1, 0.15) is 0 Å². The van der Waals surface area contributed by atoms with E-state index in [9.17, 15) is 0 Å². The van der Waals surface area contributed by atoms with Crippen molar-refractivity contribution >= 4 is 5.69 Å². The van der Waals surface area contributed by atoms with Crippen LogP contribution in [0.25, 0.3) is 0 Å². The zero-order valence-corrected chi connectivity index (χ0v) is 13.9. The minimum absolute atomic E-state index is 0.302. The Bertz CT molecular complexity index is 433. The molecule has 0 aliphatic carbocycles. The molecule has 3 heteroatoms. The topological polar surface area (TPSA) is 24.5 Å². The number of benzene rings is 1. The molecule has 0 fully saturated rings. The number of hydrogen-bond acceptors (Lipinski definition) is 3. The predicted molar refractivity (Wildman–Crippen MR) is 89.8 cm³/mol. The van der Waals surface area contributed by atoms with E-state index in [-0.39, 0.29) is 0 Å². The van der Waals surface area contributed by atoms with Crippen molar-refractivity contribution in [1.29, 1.82) is 0 Å². The molecule has 0 saturated carbocycles. The van der Waals surface area contributed by atoms with E-state index in [1.54, 1.807) is 0 Å². The highest BCUT2D eigenvalue weighted by molar-refractivity contribution is 5.54. The maximum atomic E-state index is 5.76. The van der Waals surface area contributed by atoms with E-state index in [2.05, 4.69) is 62.2 Å². The summed E-state index contributed by atoms with van der Waals surface area (Å²) in [5, 5.41) is 3.74. The van der Waals surface area contributed by atoms with E-state index in [1.807, 2.05) is 0 Å². The summed E-state index contributed by atoms with van der Waals surface area (Å²) in [5.41, 5.74) is 2.76. The van der Waals surface area contributed by atoms with Crippen LogP contribution in [0.5, 0.6) is 0 Å². The molecule has 1 aliphatic rings. The van der Waals surface area contributed by atoms with Crippen molar-refractivity contribution in [2.45, 2.75) is 52.8 Å². The monoisotopic (exact) mass is 290 g/mol. The lowest BCUT2D eigenvalue weighted by Crippen LogP contribution is -2.43. The molecular weight excluding hydrogens is 260 g/mol. The number of hydrogen-bond donors (Lipinski definition) is 1. The van der Waals surface area contributed by atoms with Crippen molar-refractivity contribution in [2.24, 2.45) is 5.92 Å². The van der Waals surface area contributed by atoms with E-state index in [4.69, 9.17) is 4.74 Å². The molecule has 0 spiro atoms. The highest BCUT2D eigenvalue weighted by Crippen LogP contribution is 2.25. The highest BCUT2D eigenvalue weighted by Gasteiger charge is 2.24. The van der Waals surface area contributed by atoms with Gasteiger partial charge in [-0.1, -0.05) is 38.5 Å². The van der Waals surface area contributed by atoms with E-state index < -0.39 is 0 Å². The minimum atomic E-state index is 0.302. The molecule has 1 aromatic rings. The normalized spacial score (nSPS) is 20.2. The first kappa shape index (κ1) is 16.3. The van der Waals surface area contributed by atoms with Crippen LogP contribution in [-0.4, -0.2) is 31.8 Å². The second kappa shape index (κ2) is 7.81. The molecule has 21 heavy (non-hydrogen) atoms. The molecule has 118 valence electrons. The summed E-state index contributed by atoms with van der Waals surface area (Å²) in [4.78, 5) is 2.49. The first-order valence-electron chi connectivity index (χ1n) is 8.29. The Morgan fingerprint density at radius 1 is 1.29 bits per heavy atom. The van der Waals surface area contributed by atoms with Gasteiger partial charge >= 0.3 is 0 Å². The molecule has 1 aromatic carbocycles. The predicted octanol–water partition coefficient (Wildman–Crippen LogP) is 3.44. The molecular formula is C18H30N2O. The summed E-state index contributed by atoms with van der Waals surface area (Å²) in [6, 6.07) is 9.29. The average Bonchev–Trinajstić information content (AvgIpc) is 2.66. The minimum Gasteiger partial charge on any atom is -0.377 e. The van der Waals surface area contributed by atoms with E-state index >= 15 is 0 Å². The van der Waals surface area contributed by atoms with Crippen LogP contribution in [0.2, 0.25) is 0 Å². The summed E-state index contributed by atoms with van der Waals surface area (Å²) >= 11 is 0. The van der Waals surface area contributed by atoms with Gasteiger partial charge in [-0.05, 0) is 31.4 Å². The van der Waals surface area contributed by atoms with Gasteiger partial charge in [-0.2, -0.15) is 0 Å². The molecule has 0 bridgehead atoms. The van der Waals surface area contributed by atoms with Crippen molar-refractivity contribution in [3.8, 4) is 0 Å². The molecule has 2 unspecified atom stereocenters. The molecule has 1 heterocycles. The summed E-state index contributed by atoms with van der Waals surface area (Å²) in [7, 11) is 0. The smallest absolute Gasteiger partial charge is 0.0645 e. The van der Waals surface area contributed by atoms with Gasteiger partial charge < -0.3 is 15.0 Å². The van der Waals surface area contributed by atoms with Crippen LogP contribution in [-0.2, 0) is 11.3 Å². The van der Waals surface area contributed by atoms with Crippen molar-refractivity contribution in [3.05, 3.63) is 29.8 Å². The Labute approximate surface area is 129 Å². The average molecular weight is 290 g/mol. The van der Waals surface area contributed by atoms with Crippen LogP contribution in [0.15, 0.2) is 24.3 Å². The van der Waals surface area contributed by atoms with Gasteiger partial charge in [-0.3, -0.25) is 0 Å². The molecule has 1 aliphatic heterocycles. The second-order valence-electron chi connectivity index (χ2n) is 6.37. The summed E-state index contributed by atoms with van der Waals surface area (Å²) in [6.07, 6.45) is 1.51. The number of nitrogens with zero attached hydrogens (tertiary/aromatic N) is 1. The Hall–Kier alpha value is -1.06. The first-order chi connectivity index (χ1) is 10.1. The van der Waals surface area contributed by atoms with Gasteiger partial charge in [-0.25, -0.2) is 0 Å². The van der Waals surface area contributed by atoms with E-state index in [1.165, 1.54) is 17.7 Å². The fourth-order valence-corrected chi connectivity index (χ4v) is 2.89. The summed E-state index contributed by atoms with van der Waals surface area (Å²) < 4.78 is 5.76. The molecule has 0 aromatic heterocycles. The van der Waals surface area contributed by atoms with Crippen molar-refractivity contribution in [2.75, 3.05) is 24.6 Å². The lowest BCUT2D eigenvalue weighted by atomic mass is 9.99. The zero-order valence-electron chi connectivity index (χ0n) is 13.9. The lowest BCUT2D eigenvalue weighted by molar-refractivity contribution is 0.0837. The molecule has 2 rings (SSSR count). The third-order valence-electron chi connectivity index (χ3n) is 4.45. The molecule has 0 amide bonds. The number of fused-ring (bicyclic) bond motifs is 1. The van der Waals surface area contributed by atoms with E-state index in [0.717, 1.165) is 26.2 Å². The van der Waals surface area contributed by atoms with Gasteiger partial charge in [-0.15, -0.1) is 0 Å². The Morgan fingerprint density at radius 3 is 2.76 bits per heavy atom. The molecule has 1 N–H and O–H groups in total. The Balaban J connectivity index is 2.11. The van der Waals surface area contributed by atoms with Crippen LogP contribution in [0.4, 0.5) is 5.69 Å². The van der Waals surface area contributed by atoms with Gasteiger partial charge in [0, 0.05) is 31.4 Å². The van der Waals surface area contributed by atoms with Gasteiger partial charge in [0.15, 0.2) is 0 Å². The van der Waals surface area contributed by atoms with Gasteiger partial charge in [0.2, 0.25) is 0 Å². The SMILES string of the molecule is CCC(C)C1CN(CCOC(C)C)c2ccccc2CN1. The van der Waals surface area contributed by atoms with Crippen molar-refractivity contribution < 1.29 is 4.74 Å². The molecule has 0 radical (unpaired) electrons. The highest BCUT2D eigenvalue weighted by atomic mass is 16.5. The van der Waals surface area contributed by atoms with Crippen LogP contribution < -0.4 is 10.2 Å². The maximum absolute atomic E-state index is 5.76. The summed E-state index contributed by atoms with van der Waals surface area (Å²) in [6.45, 7) is 12.6. The lowest BCUT2D eigenvalue weighted by Gasteiger charge is -2.30. The van der Waals surface area contributed by atoms with Crippen LogP contribution in [0, 0.1) is 5.92 Å². The number of anilines is 1. The molecule has 2 atom stereocenters. The van der Waals surface area contributed by atoms with Crippen molar-refractivity contribution in [1.82, 2.24) is 5.32 Å². The number of nitrogens with one attached hydrogen (secondary N) is 1. The molecule has 0 saturated heterocycles. The Kier molecular flexibility index (Phi) is 6.07. The standard InChI is InChI=1S/C18H30N2O/c1-5-15(4)17-13-20(10-11-21-14(2)3)18-9-7-6-8-16(18)12-19-17/h6-9,14-15,17,19H,5,10-13H2,1-4H3. The number of ether oxygens (including phenoxy) is 1. The molecule has 3 nitrogen and oxygen atoms in total. The summed E-state index contributed by atoms with van der Waals surface area (Å²) in [5.74, 6) is 0.688. The van der Waals surface area contributed by atoms with E-state index in [0.29, 0.717) is 18.1 Å². The third-order valence-corrected chi connectivity index (χ3v) is 4.45. The fourth-order valence-electron chi connectivity index (χ4n) is 2.89. The fraction of sp³-hybridized carbons (Fsp3) is 0.667. The van der Waals surface area contributed by atoms with Crippen molar-refractivity contribution in [3.63, 3.8) is 0 Å². The second-order valence-corrected chi connectivity index (χ2v) is 6.37. The van der Waals surface area contributed by atoms with Crippen LogP contribution >= 0.6 is 0 Å². The zero-order chi connectivity index (χ0) is 15.2. The first-order valence-corrected chi connectivity index (χ1v) is 8.29. The largest absolute Gasteiger partial charge is 0.377 e. The van der Waals surface area contributed by atoms with Crippen LogP contribution in [0.1, 0.15) is 39.7 Å². The number of rotatable bonds is 6.